The van der Waals surface area contributed by atoms with Crippen molar-refractivity contribution in [2.75, 3.05) is 5.73 Å². The Morgan fingerprint density at radius 3 is 2.79 bits per heavy atom. The third kappa shape index (κ3) is 3.66. The molecule has 0 spiro atoms. The van der Waals surface area contributed by atoms with Gasteiger partial charge in [-0.2, -0.15) is 0 Å². The fraction of sp³-hybridized carbons (Fsp3) is 0.0714. The number of carbonyl (C=O) groups is 1. The number of halogens is 1. The van der Waals surface area contributed by atoms with E-state index in [4.69, 9.17) is 22.4 Å². The van der Waals surface area contributed by atoms with Crippen LogP contribution in [-0.4, -0.2) is 11.1 Å². The van der Waals surface area contributed by atoms with Gasteiger partial charge in [0.15, 0.2) is 0 Å². The standard InChI is InChI=1S/C14H12ClNO2S/c15-12-5-4-11(16)7-13(12)19-8-9-2-1-3-10(6-9)14(17)18/h1-7H,8,16H2,(H,17,18). The van der Waals surface area contributed by atoms with E-state index in [9.17, 15) is 4.79 Å². The molecule has 0 aliphatic heterocycles. The Hall–Kier alpha value is -1.65. The zero-order valence-corrected chi connectivity index (χ0v) is 11.5. The van der Waals surface area contributed by atoms with E-state index >= 15 is 0 Å². The molecule has 0 aliphatic carbocycles. The first-order chi connectivity index (χ1) is 9.06. The number of nitrogen functional groups attached to an aromatic ring is 1. The number of carboxylic acids is 1. The van der Waals surface area contributed by atoms with Crippen molar-refractivity contribution < 1.29 is 9.90 Å². The Kier molecular flexibility index (Phi) is 4.35. The van der Waals surface area contributed by atoms with E-state index in [2.05, 4.69) is 0 Å². The summed E-state index contributed by atoms with van der Waals surface area (Å²) in [7, 11) is 0. The summed E-state index contributed by atoms with van der Waals surface area (Å²) in [5.74, 6) is -0.279. The Bertz CT molecular complexity index is 616. The highest BCUT2D eigenvalue weighted by molar-refractivity contribution is 7.98. The molecule has 0 amide bonds. The molecule has 0 aliphatic rings. The molecule has 2 aromatic rings. The molecule has 98 valence electrons. The summed E-state index contributed by atoms with van der Waals surface area (Å²) >= 11 is 7.60. The molecule has 3 N–H and O–H groups in total. The summed E-state index contributed by atoms with van der Waals surface area (Å²) < 4.78 is 0. The van der Waals surface area contributed by atoms with Crippen LogP contribution < -0.4 is 5.73 Å². The van der Waals surface area contributed by atoms with Crippen molar-refractivity contribution in [3.05, 3.63) is 58.6 Å². The largest absolute Gasteiger partial charge is 0.478 e. The first-order valence-corrected chi connectivity index (χ1v) is 6.92. The van der Waals surface area contributed by atoms with Gasteiger partial charge in [-0.05, 0) is 35.9 Å². The van der Waals surface area contributed by atoms with Crippen LogP contribution in [0.5, 0.6) is 0 Å². The van der Waals surface area contributed by atoms with E-state index in [0.29, 0.717) is 16.5 Å². The predicted molar refractivity (Wildman–Crippen MR) is 78.8 cm³/mol. The van der Waals surface area contributed by atoms with Crippen molar-refractivity contribution >= 4 is 35.0 Å². The smallest absolute Gasteiger partial charge is 0.335 e. The molecular weight excluding hydrogens is 282 g/mol. The Morgan fingerprint density at radius 1 is 1.26 bits per heavy atom. The Morgan fingerprint density at radius 2 is 2.05 bits per heavy atom. The van der Waals surface area contributed by atoms with Gasteiger partial charge in [0.05, 0.1) is 10.6 Å². The van der Waals surface area contributed by atoms with Gasteiger partial charge in [0.25, 0.3) is 0 Å². The number of anilines is 1. The van der Waals surface area contributed by atoms with Crippen molar-refractivity contribution in [3.63, 3.8) is 0 Å². The second-order valence-electron chi connectivity index (χ2n) is 3.98. The summed E-state index contributed by atoms with van der Waals surface area (Å²) in [5, 5.41) is 9.58. The van der Waals surface area contributed by atoms with E-state index in [1.165, 1.54) is 11.8 Å². The molecule has 5 heteroatoms. The summed E-state index contributed by atoms with van der Waals surface area (Å²) in [6, 6.07) is 12.2. The molecule has 0 saturated heterocycles. The molecule has 0 bridgehead atoms. The van der Waals surface area contributed by atoms with Gasteiger partial charge in [-0.1, -0.05) is 23.7 Å². The van der Waals surface area contributed by atoms with Crippen LogP contribution in [0.1, 0.15) is 15.9 Å². The van der Waals surface area contributed by atoms with E-state index in [1.807, 2.05) is 12.1 Å². The highest BCUT2D eigenvalue weighted by atomic mass is 35.5. The SMILES string of the molecule is Nc1ccc(Cl)c(SCc2cccc(C(=O)O)c2)c1. The topological polar surface area (TPSA) is 63.3 Å². The minimum Gasteiger partial charge on any atom is -0.478 e. The lowest BCUT2D eigenvalue weighted by Gasteiger charge is -2.06. The number of hydrogen-bond donors (Lipinski definition) is 2. The highest BCUT2D eigenvalue weighted by Gasteiger charge is 2.05. The van der Waals surface area contributed by atoms with E-state index in [0.717, 1.165) is 10.5 Å². The molecule has 0 atom stereocenters. The quantitative estimate of drug-likeness (QED) is 0.662. The number of carboxylic acid groups (broad SMARTS) is 1. The van der Waals surface area contributed by atoms with Gasteiger partial charge in [0.2, 0.25) is 0 Å². The maximum absolute atomic E-state index is 10.9. The number of thioether (sulfide) groups is 1. The molecule has 2 aromatic carbocycles. The first kappa shape index (κ1) is 13.8. The number of aromatic carboxylic acids is 1. The van der Waals surface area contributed by atoms with Crippen LogP contribution in [0.15, 0.2) is 47.4 Å². The van der Waals surface area contributed by atoms with Gasteiger partial charge in [0.1, 0.15) is 0 Å². The third-order valence-electron chi connectivity index (χ3n) is 2.52. The monoisotopic (exact) mass is 293 g/mol. The van der Waals surface area contributed by atoms with Crippen LogP contribution in [0.25, 0.3) is 0 Å². The van der Waals surface area contributed by atoms with Crippen molar-refractivity contribution in [2.45, 2.75) is 10.6 Å². The molecule has 3 nitrogen and oxygen atoms in total. The normalized spacial score (nSPS) is 10.4. The van der Waals surface area contributed by atoms with Crippen LogP contribution in [0.2, 0.25) is 5.02 Å². The number of nitrogens with two attached hydrogens (primary N) is 1. The van der Waals surface area contributed by atoms with Crippen LogP contribution in [0, 0.1) is 0 Å². The van der Waals surface area contributed by atoms with Gasteiger partial charge >= 0.3 is 5.97 Å². The van der Waals surface area contributed by atoms with Gasteiger partial charge < -0.3 is 10.8 Å². The van der Waals surface area contributed by atoms with Gasteiger partial charge in [-0.3, -0.25) is 0 Å². The molecule has 0 unspecified atom stereocenters. The lowest BCUT2D eigenvalue weighted by atomic mass is 10.1. The number of hydrogen-bond acceptors (Lipinski definition) is 3. The Balaban J connectivity index is 2.12. The molecule has 0 radical (unpaired) electrons. The predicted octanol–water partition coefficient (Wildman–Crippen LogP) is 3.91. The summed E-state index contributed by atoms with van der Waals surface area (Å²) in [6.45, 7) is 0. The van der Waals surface area contributed by atoms with Crippen LogP contribution in [-0.2, 0) is 5.75 Å². The van der Waals surface area contributed by atoms with Crippen molar-refractivity contribution in [1.29, 1.82) is 0 Å². The summed E-state index contributed by atoms with van der Waals surface area (Å²) in [4.78, 5) is 11.8. The number of benzene rings is 2. The third-order valence-corrected chi connectivity index (χ3v) is 4.09. The summed E-state index contributed by atoms with van der Waals surface area (Å²) in [6.07, 6.45) is 0. The lowest BCUT2D eigenvalue weighted by Crippen LogP contribution is -1.96. The molecule has 0 aromatic heterocycles. The average Bonchev–Trinajstić information content (AvgIpc) is 2.40. The molecule has 0 heterocycles. The van der Waals surface area contributed by atoms with Gasteiger partial charge in [-0.25, -0.2) is 4.79 Å². The highest BCUT2D eigenvalue weighted by Crippen LogP contribution is 2.31. The molecule has 19 heavy (non-hydrogen) atoms. The molecule has 0 fully saturated rings. The maximum Gasteiger partial charge on any atom is 0.335 e. The zero-order chi connectivity index (χ0) is 13.8. The Labute approximate surface area is 120 Å². The number of rotatable bonds is 4. The minimum atomic E-state index is -0.922. The van der Waals surface area contributed by atoms with Crippen LogP contribution in [0.4, 0.5) is 5.69 Å². The molecule has 2 rings (SSSR count). The van der Waals surface area contributed by atoms with E-state index in [1.54, 1.807) is 30.3 Å². The lowest BCUT2D eigenvalue weighted by molar-refractivity contribution is 0.0697. The van der Waals surface area contributed by atoms with E-state index in [-0.39, 0.29) is 5.56 Å². The minimum absolute atomic E-state index is 0.289. The second-order valence-corrected chi connectivity index (χ2v) is 5.41. The maximum atomic E-state index is 10.9. The van der Waals surface area contributed by atoms with Gasteiger partial charge in [0, 0.05) is 16.3 Å². The summed E-state index contributed by atoms with van der Waals surface area (Å²) in [5.41, 5.74) is 7.59. The molecular formula is C14H12ClNO2S. The second kappa shape index (κ2) is 5.99. The molecule has 0 saturated carbocycles. The van der Waals surface area contributed by atoms with Crippen LogP contribution >= 0.6 is 23.4 Å². The fourth-order valence-electron chi connectivity index (χ4n) is 1.59. The van der Waals surface area contributed by atoms with Crippen molar-refractivity contribution in [1.82, 2.24) is 0 Å². The first-order valence-electron chi connectivity index (χ1n) is 5.56. The van der Waals surface area contributed by atoms with Gasteiger partial charge in [-0.15, -0.1) is 11.8 Å². The zero-order valence-electron chi connectivity index (χ0n) is 9.97. The fourth-order valence-corrected chi connectivity index (χ4v) is 2.79. The van der Waals surface area contributed by atoms with Crippen molar-refractivity contribution in [2.24, 2.45) is 0 Å². The van der Waals surface area contributed by atoms with Crippen molar-refractivity contribution in [3.8, 4) is 0 Å². The average molecular weight is 294 g/mol. The van der Waals surface area contributed by atoms with Crippen LogP contribution in [0.3, 0.4) is 0 Å². The van der Waals surface area contributed by atoms with E-state index < -0.39 is 5.97 Å².